The van der Waals surface area contributed by atoms with Gasteiger partial charge in [-0.2, -0.15) is 13.2 Å². The van der Waals surface area contributed by atoms with E-state index < -0.39 is 11.7 Å². The summed E-state index contributed by atoms with van der Waals surface area (Å²) in [6.45, 7) is 0. The molecular formula is C18H15F3N4O2S. The number of aromatic nitrogens is 1. The van der Waals surface area contributed by atoms with Crippen molar-refractivity contribution >= 4 is 39.6 Å². The lowest BCUT2D eigenvalue weighted by Gasteiger charge is -2.06. The highest BCUT2D eigenvalue weighted by Crippen LogP contribution is 2.41. The first-order valence-corrected chi connectivity index (χ1v) is 8.37. The predicted octanol–water partition coefficient (Wildman–Crippen LogP) is 5.39. The third kappa shape index (κ3) is 3.91. The van der Waals surface area contributed by atoms with Crippen LogP contribution in [-0.2, 0) is 13.2 Å². The zero-order valence-corrected chi connectivity index (χ0v) is 15.6. The number of benzene rings is 2. The van der Waals surface area contributed by atoms with E-state index in [2.05, 4.69) is 15.5 Å². The summed E-state index contributed by atoms with van der Waals surface area (Å²) < 4.78 is 45.5. The van der Waals surface area contributed by atoms with Gasteiger partial charge in [0.25, 0.3) is 0 Å². The first-order chi connectivity index (χ1) is 13.2. The number of alkyl halides is 3. The van der Waals surface area contributed by atoms with Crippen LogP contribution in [0.2, 0.25) is 0 Å². The summed E-state index contributed by atoms with van der Waals surface area (Å²) in [4.78, 5) is 0. The van der Waals surface area contributed by atoms with Gasteiger partial charge in [0.1, 0.15) is 5.75 Å². The van der Waals surface area contributed by atoms with Crippen LogP contribution in [0.1, 0.15) is 5.56 Å². The molecule has 0 unspecified atom stereocenters. The normalized spacial score (nSPS) is 11.9. The lowest BCUT2D eigenvalue weighted by atomic mass is 10.1. The molecule has 3 aromatic rings. The van der Waals surface area contributed by atoms with Crippen LogP contribution in [0.3, 0.4) is 0 Å². The van der Waals surface area contributed by atoms with Crippen molar-refractivity contribution in [3.63, 3.8) is 0 Å². The van der Waals surface area contributed by atoms with Crippen molar-refractivity contribution in [3.8, 4) is 11.6 Å². The van der Waals surface area contributed by atoms with E-state index in [0.29, 0.717) is 17.0 Å². The van der Waals surface area contributed by atoms with Crippen LogP contribution in [0.25, 0.3) is 10.9 Å². The Hall–Kier alpha value is -3.14. The number of halogens is 3. The predicted molar refractivity (Wildman–Crippen MR) is 103 cm³/mol. The van der Waals surface area contributed by atoms with Gasteiger partial charge in [-0.3, -0.25) is 0 Å². The molecule has 0 aliphatic heterocycles. The third-order valence-electron chi connectivity index (χ3n) is 4.03. The van der Waals surface area contributed by atoms with Gasteiger partial charge in [0.05, 0.1) is 18.2 Å². The molecular weight excluding hydrogens is 393 g/mol. The molecule has 146 valence electrons. The summed E-state index contributed by atoms with van der Waals surface area (Å²) in [7, 11) is 3.03. The Balaban J connectivity index is 1.92. The van der Waals surface area contributed by atoms with Crippen molar-refractivity contribution in [2.45, 2.75) is 6.18 Å². The van der Waals surface area contributed by atoms with Gasteiger partial charge in [0.15, 0.2) is 5.69 Å². The van der Waals surface area contributed by atoms with Crippen LogP contribution < -0.4 is 10.1 Å². The number of thiocarbonyl (C=S) groups is 1. The van der Waals surface area contributed by atoms with Crippen molar-refractivity contribution in [1.29, 1.82) is 0 Å². The third-order valence-corrected chi connectivity index (χ3v) is 4.22. The fourth-order valence-electron chi connectivity index (χ4n) is 2.63. The van der Waals surface area contributed by atoms with Crippen LogP contribution in [-0.4, -0.2) is 21.9 Å². The summed E-state index contributed by atoms with van der Waals surface area (Å²) in [5.41, 5.74) is 0.0356. The highest BCUT2D eigenvalue weighted by atomic mass is 32.1. The number of aromatic hydroxyl groups is 1. The number of methoxy groups -OCH3 is 1. The molecule has 10 heteroatoms. The lowest BCUT2D eigenvalue weighted by molar-refractivity contribution is -0.137. The molecule has 1 heterocycles. The lowest BCUT2D eigenvalue weighted by Crippen LogP contribution is -2.05. The highest BCUT2D eigenvalue weighted by Gasteiger charge is 2.31. The smallest absolute Gasteiger partial charge is 0.416 e. The van der Waals surface area contributed by atoms with E-state index in [1.807, 2.05) is 0 Å². The average molecular weight is 408 g/mol. The van der Waals surface area contributed by atoms with Gasteiger partial charge < -0.3 is 19.7 Å². The van der Waals surface area contributed by atoms with Gasteiger partial charge in [-0.05, 0) is 42.5 Å². The number of fused-ring (bicyclic) bond motifs is 1. The maximum absolute atomic E-state index is 13.0. The van der Waals surface area contributed by atoms with E-state index >= 15 is 0 Å². The maximum atomic E-state index is 13.0. The van der Waals surface area contributed by atoms with E-state index in [-0.39, 0.29) is 22.1 Å². The number of anilines is 1. The summed E-state index contributed by atoms with van der Waals surface area (Å²) >= 11 is 5.09. The molecule has 0 spiro atoms. The Bertz CT molecular complexity index is 1080. The number of aryl methyl sites for hydroxylation is 1. The van der Waals surface area contributed by atoms with Gasteiger partial charge in [0.2, 0.25) is 11.0 Å². The van der Waals surface area contributed by atoms with E-state index in [1.165, 1.54) is 24.8 Å². The van der Waals surface area contributed by atoms with E-state index in [4.69, 9.17) is 17.0 Å². The molecule has 0 saturated carbocycles. The van der Waals surface area contributed by atoms with Gasteiger partial charge >= 0.3 is 6.18 Å². The number of nitrogens with one attached hydrogen (secondary N) is 1. The molecule has 0 atom stereocenters. The average Bonchev–Trinajstić information content (AvgIpc) is 2.89. The van der Waals surface area contributed by atoms with Crippen molar-refractivity contribution in [2.24, 2.45) is 17.3 Å². The standard InChI is InChI=1S/C18H15F3N4O2S/c1-25-14-7-6-10(18(19,20)21)8-13(14)15(16(25)26)23-24-17(28)22-11-4-3-5-12(9-11)27-2/h3-9,26H,1-2H3,(H,22,28). The Morgan fingerprint density at radius 3 is 2.64 bits per heavy atom. The first-order valence-electron chi connectivity index (χ1n) is 7.96. The Labute approximate surface area is 163 Å². The minimum Gasteiger partial charge on any atom is -0.497 e. The number of rotatable bonds is 3. The van der Waals surface area contributed by atoms with Crippen LogP contribution in [0, 0.1) is 0 Å². The molecule has 28 heavy (non-hydrogen) atoms. The fourth-order valence-corrected chi connectivity index (χ4v) is 2.79. The summed E-state index contributed by atoms with van der Waals surface area (Å²) in [6, 6.07) is 10.0. The van der Waals surface area contributed by atoms with Crippen LogP contribution in [0.5, 0.6) is 11.6 Å². The first kappa shape index (κ1) is 19.6. The molecule has 3 rings (SSSR count). The van der Waals surface area contributed by atoms with Crippen molar-refractivity contribution in [3.05, 3.63) is 48.0 Å². The second kappa shape index (κ2) is 7.47. The minimum atomic E-state index is -4.52. The molecule has 1 aromatic heterocycles. The van der Waals surface area contributed by atoms with Crippen LogP contribution in [0.15, 0.2) is 52.7 Å². The van der Waals surface area contributed by atoms with Gasteiger partial charge in [-0.15, -0.1) is 10.2 Å². The summed E-state index contributed by atoms with van der Waals surface area (Å²) in [5.74, 6) is 0.290. The summed E-state index contributed by atoms with van der Waals surface area (Å²) in [6.07, 6.45) is -4.52. The number of hydrogen-bond acceptors (Lipinski definition) is 4. The quantitative estimate of drug-likeness (QED) is 0.450. The van der Waals surface area contributed by atoms with Gasteiger partial charge in [0, 0.05) is 24.2 Å². The topological polar surface area (TPSA) is 71.1 Å². The minimum absolute atomic E-state index is 0.0309. The number of ether oxygens (including phenoxy) is 1. The molecule has 2 aromatic carbocycles. The molecule has 6 nitrogen and oxygen atoms in total. The van der Waals surface area contributed by atoms with Crippen molar-refractivity contribution in [2.75, 3.05) is 12.4 Å². The molecule has 0 aliphatic rings. The van der Waals surface area contributed by atoms with E-state index in [0.717, 1.165) is 12.1 Å². The van der Waals surface area contributed by atoms with E-state index in [1.54, 1.807) is 24.3 Å². The number of nitrogens with zero attached hydrogens (tertiary/aromatic N) is 3. The second-order valence-corrected chi connectivity index (χ2v) is 6.21. The Morgan fingerprint density at radius 2 is 1.96 bits per heavy atom. The molecule has 0 fully saturated rings. The van der Waals surface area contributed by atoms with E-state index in [9.17, 15) is 18.3 Å². The SMILES string of the molecule is COc1cccc(NC(=S)N=Nc2c(O)n(C)c3ccc(C(F)(F)F)cc23)c1. The largest absolute Gasteiger partial charge is 0.497 e. The molecule has 0 bridgehead atoms. The van der Waals surface area contributed by atoms with Crippen LogP contribution >= 0.6 is 12.2 Å². The Morgan fingerprint density at radius 1 is 1.21 bits per heavy atom. The molecule has 0 aliphatic carbocycles. The van der Waals surface area contributed by atoms with Crippen molar-refractivity contribution in [1.82, 2.24) is 4.57 Å². The zero-order chi connectivity index (χ0) is 20.5. The van der Waals surface area contributed by atoms with Gasteiger partial charge in [-0.1, -0.05) is 6.07 Å². The maximum Gasteiger partial charge on any atom is 0.416 e. The second-order valence-electron chi connectivity index (χ2n) is 5.82. The number of hydrogen-bond donors (Lipinski definition) is 2. The highest BCUT2D eigenvalue weighted by molar-refractivity contribution is 7.80. The van der Waals surface area contributed by atoms with Gasteiger partial charge in [-0.25, -0.2) is 0 Å². The fraction of sp³-hybridized carbons (Fsp3) is 0.167. The monoisotopic (exact) mass is 408 g/mol. The molecule has 0 amide bonds. The zero-order valence-electron chi connectivity index (χ0n) is 14.8. The summed E-state index contributed by atoms with van der Waals surface area (Å²) in [5, 5.41) is 20.8. The van der Waals surface area contributed by atoms with Crippen molar-refractivity contribution < 1.29 is 23.0 Å². The molecule has 2 N–H and O–H groups in total. The Kier molecular flexibility index (Phi) is 5.23. The molecule has 0 saturated heterocycles. The van der Waals surface area contributed by atoms with Crippen LogP contribution in [0.4, 0.5) is 24.5 Å². The molecule has 0 radical (unpaired) electrons. The number of azo groups is 1.